The predicted molar refractivity (Wildman–Crippen MR) is 38.9 cm³/mol. The van der Waals surface area contributed by atoms with Gasteiger partial charge in [0.1, 0.15) is 6.17 Å². The zero-order valence-corrected chi connectivity index (χ0v) is 7.24. The van der Waals surface area contributed by atoms with Gasteiger partial charge in [-0.1, -0.05) is 6.92 Å². The van der Waals surface area contributed by atoms with Gasteiger partial charge in [-0.25, -0.2) is 4.39 Å². The van der Waals surface area contributed by atoms with E-state index in [-0.39, 0.29) is 12.3 Å². The fourth-order valence-corrected chi connectivity index (χ4v) is 1.53. The number of rotatable bonds is 0. The third-order valence-corrected chi connectivity index (χ3v) is 2.69. The van der Waals surface area contributed by atoms with E-state index in [1.54, 1.807) is 6.92 Å². The van der Waals surface area contributed by atoms with Crippen molar-refractivity contribution in [2.24, 2.45) is 5.92 Å². The van der Waals surface area contributed by atoms with Gasteiger partial charge < -0.3 is 5.11 Å². The summed E-state index contributed by atoms with van der Waals surface area (Å²) in [5, 5.41) is 9.13. The second-order valence-electron chi connectivity index (χ2n) is 3.77. The van der Waals surface area contributed by atoms with Crippen molar-refractivity contribution < 1.29 is 22.7 Å². The van der Waals surface area contributed by atoms with E-state index in [2.05, 4.69) is 0 Å². The SMILES string of the molecule is CC1CCC(O)(C(F)(F)F)CC1F. The van der Waals surface area contributed by atoms with Crippen molar-refractivity contribution in [3.63, 3.8) is 0 Å². The monoisotopic (exact) mass is 200 g/mol. The Morgan fingerprint density at radius 3 is 2.31 bits per heavy atom. The first-order valence-corrected chi connectivity index (χ1v) is 4.19. The lowest BCUT2D eigenvalue weighted by atomic mass is 9.78. The highest BCUT2D eigenvalue weighted by atomic mass is 19.4. The maximum Gasteiger partial charge on any atom is 0.417 e. The molecule has 0 heterocycles. The molecule has 1 saturated carbocycles. The number of alkyl halides is 4. The van der Waals surface area contributed by atoms with Gasteiger partial charge in [0, 0.05) is 6.42 Å². The second kappa shape index (κ2) is 3.12. The molecule has 1 N–H and O–H groups in total. The summed E-state index contributed by atoms with van der Waals surface area (Å²) in [5.74, 6) is -0.386. The average molecular weight is 200 g/mol. The fraction of sp³-hybridized carbons (Fsp3) is 1.00. The Kier molecular flexibility index (Phi) is 2.58. The maximum atomic E-state index is 12.9. The van der Waals surface area contributed by atoms with Crippen LogP contribution in [0.4, 0.5) is 17.6 Å². The molecular formula is C8H12F4O. The summed E-state index contributed by atoms with van der Waals surface area (Å²) in [6, 6.07) is 0. The molecule has 0 aromatic carbocycles. The van der Waals surface area contributed by atoms with Crippen LogP contribution >= 0.6 is 0 Å². The lowest BCUT2D eigenvalue weighted by Crippen LogP contribution is -2.50. The Bertz CT molecular complexity index is 191. The molecule has 13 heavy (non-hydrogen) atoms. The Morgan fingerprint density at radius 1 is 1.38 bits per heavy atom. The van der Waals surface area contributed by atoms with Crippen molar-refractivity contribution in [1.82, 2.24) is 0 Å². The van der Waals surface area contributed by atoms with Crippen molar-refractivity contribution in [2.45, 2.75) is 44.1 Å². The minimum atomic E-state index is -4.71. The van der Waals surface area contributed by atoms with Crippen LogP contribution in [0.5, 0.6) is 0 Å². The van der Waals surface area contributed by atoms with Crippen LogP contribution in [-0.4, -0.2) is 23.1 Å². The van der Waals surface area contributed by atoms with E-state index in [0.717, 1.165) is 0 Å². The summed E-state index contributed by atoms with van der Waals surface area (Å²) >= 11 is 0. The van der Waals surface area contributed by atoms with Crippen LogP contribution in [0, 0.1) is 5.92 Å². The maximum absolute atomic E-state index is 12.9. The molecule has 5 heteroatoms. The van der Waals surface area contributed by atoms with Crippen LogP contribution < -0.4 is 0 Å². The molecule has 0 spiro atoms. The third kappa shape index (κ3) is 1.95. The lowest BCUT2D eigenvalue weighted by Gasteiger charge is -2.38. The van der Waals surface area contributed by atoms with Gasteiger partial charge in [0.15, 0.2) is 5.60 Å². The zero-order chi connectivity index (χ0) is 10.3. The van der Waals surface area contributed by atoms with Gasteiger partial charge in [0.2, 0.25) is 0 Å². The van der Waals surface area contributed by atoms with Crippen LogP contribution in [0.15, 0.2) is 0 Å². The molecule has 0 aliphatic heterocycles. The molecule has 0 aromatic heterocycles. The summed E-state index contributed by atoms with van der Waals surface area (Å²) in [5.41, 5.74) is -2.81. The van der Waals surface area contributed by atoms with E-state index in [4.69, 9.17) is 5.11 Å². The second-order valence-corrected chi connectivity index (χ2v) is 3.77. The highest BCUT2D eigenvalue weighted by Crippen LogP contribution is 2.43. The summed E-state index contributed by atoms with van der Waals surface area (Å²) in [7, 11) is 0. The van der Waals surface area contributed by atoms with Crippen LogP contribution in [-0.2, 0) is 0 Å². The summed E-state index contributed by atoms with van der Waals surface area (Å²) in [6.07, 6.45) is -7.40. The van der Waals surface area contributed by atoms with Crippen LogP contribution in [0.3, 0.4) is 0 Å². The topological polar surface area (TPSA) is 20.2 Å². The number of halogens is 4. The third-order valence-electron chi connectivity index (χ3n) is 2.69. The van der Waals surface area contributed by atoms with Gasteiger partial charge in [-0.05, 0) is 18.8 Å². The smallest absolute Gasteiger partial charge is 0.380 e. The van der Waals surface area contributed by atoms with Crippen molar-refractivity contribution in [3.8, 4) is 0 Å². The van der Waals surface area contributed by atoms with Gasteiger partial charge in [0.25, 0.3) is 0 Å². The van der Waals surface area contributed by atoms with Gasteiger partial charge in [-0.15, -0.1) is 0 Å². The van der Waals surface area contributed by atoms with Crippen molar-refractivity contribution in [1.29, 1.82) is 0 Å². The number of hydrogen-bond acceptors (Lipinski definition) is 1. The molecule has 3 unspecified atom stereocenters. The molecule has 0 amide bonds. The molecular weight excluding hydrogens is 188 g/mol. The standard InChI is InChI=1S/C8H12F4O/c1-5-2-3-7(13,4-6(5)9)8(10,11)12/h5-6,13H,2-4H2,1H3. The summed E-state index contributed by atoms with van der Waals surface area (Å²) in [4.78, 5) is 0. The first-order chi connectivity index (χ1) is 5.76. The molecule has 0 aromatic rings. The van der Waals surface area contributed by atoms with E-state index in [9.17, 15) is 17.6 Å². The molecule has 1 nitrogen and oxygen atoms in total. The fourth-order valence-electron chi connectivity index (χ4n) is 1.53. The average Bonchev–Trinajstić information content (AvgIpc) is 1.95. The molecule has 0 saturated heterocycles. The molecule has 0 bridgehead atoms. The van der Waals surface area contributed by atoms with Gasteiger partial charge in [-0.2, -0.15) is 13.2 Å². The first-order valence-electron chi connectivity index (χ1n) is 4.19. The quantitative estimate of drug-likeness (QED) is 0.595. The molecule has 1 rings (SSSR count). The van der Waals surface area contributed by atoms with E-state index < -0.39 is 30.8 Å². The van der Waals surface area contributed by atoms with E-state index in [0.29, 0.717) is 0 Å². The Labute approximate surface area is 73.7 Å². The predicted octanol–water partition coefficient (Wildman–Crippen LogP) is 2.44. The van der Waals surface area contributed by atoms with E-state index >= 15 is 0 Å². The summed E-state index contributed by atoms with van der Waals surface area (Å²) in [6.45, 7) is 1.56. The van der Waals surface area contributed by atoms with Crippen LogP contribution in [0.2, 0.25) is 0 Å². The van der Waals surface area contributed by atoms with E-state index in [1.165, 1.54) is 0 Å². The zero-order valence-electron chi connectivity index (χ0n) is 7.24. The molecule has 0 radical (unpaired) electrons. The first kappa shape index (κ1) is 10.8. The minimum absolute atomic E-state index is 0.0805. The van der Waals surface area contributed by atoms with Crippen LogP contribution in [0.25, 0.3) is 0 Å². The van der Waals surface area contributed by atoms with Gasteiger partial charge in [0.05, 0.1) is 0 Å². The van der Waals surface area contributed by atoms with Gasteiger partial charge >= 0.3 is 6.18 Å². The number of hydrogen-bond donors (Lipinski definition) is 1. The normalized spacial score (nSPS) is 42.0. The Hall–Kier alpha value is -0.320. The Balaban J connectivity index is 2.73. The van der Waals surface area contributed by atoms with Crippen molar-refractivity contribution in [3.05, 3.63) is 0 Å². The Morgan fingerprint density at radius 2 is 1.92 bits per heavy atom. The highest BCUT2D eigenvalue weighted by molar-refractivity contribution is 4.94. The molecule has 3 atom stereocenters. The minimum Gasteiger partial charge on any atom is -0.380 e. The molecule has 1 aliphatic rings. The lowest BCUT2D eigenvalue weighted by molar-refractivity contribution is -0.277. The largest absolute Gasteiger partial charge is 0.417 e. The van der Waals surface area contributed by atoms with Gasteiger partial charge in [-0.3, -0.25) is 0 Å². The van der Waals surface area contributed by atoms with Crippen molar-refractivity contribution >= 4 is 0 Å². The van der Waals surface area contributed by atoms with Crippen molar-refractivity contribution in [2.75, 3.05) is 0 Å². The highest BCUT2D eigenvalue weighted by Gasteiger charge is 2.56. The molecule has 78 valence electrons. The van der Waals surface area contributed by atoms with Crippen LogP contribution in [0.1, 0.15) is 26.2 Å². The molecule has 1 aliphatic carbocycles. The van der Waals surface area contributed by atoms with E-state index in [1.807, 2.05) is 0 Å². The summed E-state index contributed by atoms with van der Waals surface area (Å²) < 4.78 is 49.6. The number of aliphatic hydroxyl groups is 1. The molecule has 1 fully saturated rings.